The lowest BCUT2D eigenvalue weighted by Gasteiger charge is -2.10. The molecule has 0 fully saturated rings. The van der Waals surface area contributed by atoms with E-state index in [1.54, 1.807) is 12.1 Å². The van der Waals surface area contributed by atoms with Crippen molar-refractivity contribution in [2.45, 2.75) is 13.5 Å². The molecule has 2 aromatic carbocycles. The molecule has 0 saturated heterocycles. The summed E-state index contributed by atoms with van der Waals surface area (Å²) in [4.78, 5) is 8.47. The third kappa shape index (κ3) is 3.87. The van der Waals surface area contributed by atoms with Crippen LogP contribution >= 0.6 is 0 Å². The predicted molar refractivity (Wildman–Crippen MR) is 95.0 cm³/mol. The molecule has 24 heavy (non-hydrogen) atoms. The fourth-order valence-corrected chi connectivity index (χ4v) is 2.29. The minimum atomic E-state index is 0.629. The maximum Gasteiger partial charge on any atom is 0.135 e. The van der Waals surface area contributed by atoms with Crippen LogP contribution in [0, 0.1) is 18.3 Å². The van der Waals surface area contributed by atoms with Crippen LogP contribution in [0.4, 0.5) is 17.3 Å². The summed E-state index contributed by atoms with van der Waals surface area (Å²) in [7, 11) is 0. The third-order valence-corrected chi connectivity index (χ3v) is 3.67. The fraction of sp³-hybridized carbons (Fsp3) is 0.105. The monoisotopic (exact) mass is 315 g/mol. The van der Waals surface area contributed by atoms with E-state index in [1.807, 2.05) is 30.3 Å². The molecule has 0 aliphatic heterocycles. The molecule has 118 valence electrons. The molecule has 2 N–H and O–H groups in total. The van der Waals surface area contributed by atoms with Gasteiger partial charge in [0.1, 0.15) is 18.0 Å². The Kier molecular flexibility index (Phi) is 4.68. The summed E-state index contributed by atoms with van der Waals surface area (Å²) in [6, 6.07) is 19.4. The van der Waals surface area contributed by atoms with Gasteiger partial charge in [-0.15, -0.1) is 0 Å². The Morgan fingerprint density at radius 3 is 2.50 bits per heavy atom. The van der Waals surface area contributed by atoms with Crippen molar-refractivity contribution in [3.63, 3.8) is 0 Å². The average molecular weight is 315 g/mol. The van der Waals surface area contributed by atoms with E-state index in [0.717, 1.165) is 11.5 Å². The summed E-state index contributed by atoms with van der Waals surface area (Å²) in [6.45, 7) is 2.80. The summed E-state index contributed by atoms with van der Waals surface area (Å²) in [5.74, 6) is 1.45. The van der Waals surface area contributed by atoms with E-state index >= 15 is 0 Å². The normalized spacial score (nSPS) is 10.0. The second kappa shape index (κ2) is 7.25. The molecule has 0 saturated carbocycles. The highest BCUT2D eigenvalue weighted by Gasteiger charge is 2.02. The van der Waals surface area contributed by atoms with Gasteiger partial charge in [0.2, 0.25) is 0 Å². The molecule has 5 heteroatoms. The number of aromatic nitrogens is 2. The minimum absolute atomic E-state index is 0.629. The first-order chi connectivity index (χ1) is 11.7. The smallest absolute Gasteiger partial charge is 0.135 e. The van der Waals surface area contributed by atoms with Crippen molar-refractivity contribution in [1.29, 1.82) is 5.26 Å². The lowest BCUT2D eigenvalue weighted by atomic mass is 10.1. The zero-order chi connectivity index (χ0) is 16.8. The van der Waals surface area contributed by atoms with Crippen molar-refractivity contribution in [1.82, 2.24) is 9.97 Å². The molecule has 3 rings (SSSR count). The number of anilines is 3. The molecular formula is C19H17N5. The number of nitriles is 1. The van der Waals surface area contributed by atoms with E-state index in [9.17, 15) is 0 Å². The Balaban J connectivity index is 1.67. The maximum atomic E-state index is 8.83. The fourth-order valence-electron chi connectivity index (χ4n) is 2.29. The van der Waals surface area contributed by atoms with Crippen molar-refractivity contribution in [2.24, 2.45) is 0 Å². The van der Waals surface area contributed by atoms with Gasteiger partial charge in [0, 0.05) is 18.3 Å². The highest BCUT2D eigenvalue weighted by molar-refractivity contribution is 5.59. The van der Waals surface area contributed by atoms with Crippen LogP contribution < -0.4 is 10.6 Å². The highest BCUT2D eigenvalue weighted by atomic mass is 15.1. The van der Waals surface area contributed by atoms with Crippen LogP contribution in [-0.2, 0) is 6.54 Å². The first kappa shape index (κ1) is 15.5. The van der Waals surface area contributed by atoms with Gasteiger partial charge in [0.25, 0.3) is 0 Å². The van der Waals surface area contributed by atoms with Gasteiger partial charge in [-0.25, -0.2) is 9.97 Å². The predicted octanol–water partition coefficient (Wildman–Crippen LogP) is 4.01. The van der Waals surface area contributed by atoms with Gasteiger partial charge in [-0.1, -0.05) is 24.3 Å². The molecule has 1 aromatic heterocycles. The maximum absolute atomic E-state index is 8.83. The second-order valence-electron chi connectivity index (χ2n) is 5.38. The quantitative estimate of drug-likeness (QED) is 0.744. The standard InChI is InChI=1S/C19H17N5/c1-14-4-2-3-5-16(14)12-21-18-10-19(23-13-22-18)24-17-8-6-15(11-20)7-9-17/h2-10,13H,12H2,1H3,(H2,21,22,23,24). The largest absolute Gasteiger partial charge is 0.366 e. The zero-order valence-electron chi connectivity index (χ0n) is 13.3. The number of rotatable bonds is 5. The first-order valence-electron chi connectivity index (χ1n) is 7.62. The van der Waals surface area contributed by atoms with E-state index in [0.29, 0.717) is 17.9 Å². The van der Waals surface area contributed by atoms with Crippen LogP contribution in [-0.4, -0.2) is 9.97 Å². The summed E-state index contributed by atoms with van der Waals surface area (Å²) in [6.07, 6.45) is 1.52. The SMILES string of the molecule is Cc1ccccc1CNc1cc(Nc2ccc(C#N)cc2)ncn1. The van der Waals surface area contributed by atoms with Gasteiger partial charge in [-0.2, -0.15) is 5.26 Å². The van der Waals surface area contributed by atoms with Crippen LogP contribution in [0.15, 0.2) is 60.9 Å². The summed E-state index contributed by atoms with van der Waals surface area (Å²) >= 11 is 0. The Morgan fingerprint density at radius 1 is 1.00 bits per heavy atom. The third-order valence-electron chi connectivity index (χ3n) is 3.67. The Hall–Kier alpha value is -3.39. The highest BCUT2D eigenvalue weighted by Crippen LogP contribution is 2.17. The molecule has 5 nitrogen and oxygen atoms in total. The Morgan fingerprint density at radius 2 is 1.75 bits per heavy atom. The van der Waals surface area contributed by atoms with Crippen LogP contribution in [0.1, 0.15) is 16.7 Å². The molecule has 1 heterocycles. The Labute approximate surface area is 141 Å². The van der Waals surface area contributed by atoms with Crippen molar-refractivity contribution in [3.05, 3.63) is 77.6 Å². The van der Waals surface area contributed by atoms with Crippen LogP contribution in [0.25, 0.3) is 0 Å². The first-order valence-corrected chi connectivity index (χ1v) is 7.62. The molecule has 0 radical (unpaired) electrons. The van der Waals surface area contributed by atoms with Gasteiger partial charge < -0.3 is 10.6 Å². The molecular weight excluding hydrogens is 298 g/mol. The Bertz CT molecular complexity index is 865. The number of hydrogen-bond acceptors (Lipinski definition) is 5. The van der Waals surface area contributed by atoms with E-state index in [2.05, 4.69) is 45.7 Å². The molecule has 0 aliphatic carbocycles. The lowest BCUT2D eigenvalue weighted by Crippen LogP contribution is -2.04. The summed E-state index contributed by atoms with van der Waals surface area (Å²) in [5, 5.41) is 15.3. The number of aryl methyl sites for hydroxylation is 1. The lowest BCUT2D eigenvalue weighted by molar-refractivity contribution is 1.07. The molecule has 0 bridgehead atoms. The number of nitrogens with one attached hydrogen (secondary N) is 2. The second-order valence-corrected chi connectivity index (χ2v) is 5.38. The van der Waals surface area contributed by atoms with Crippen LogP contribution in [0.2, 0.25) is 0 Å². The number of hydrogen-bond donors (Lipinski definition) is 2. The van der Waals surface area contributed by atoms with Crippen molar-refractivity contribution >= 4 is 17.3 Å². The van der Waals surface area contributed by atoms with E-state index in [-0.39, 0.29) is 0 Å². The van der Waals surface area contributed by atoms with E-state index < -0.39 is 0 Å². The van der Waals surface area contributed by atoms with Crippen LogP contribution in [0.5, 0.6) is 0 Å². The van der Waals surface area contributed by atoms with E-state index in [1.165, 1.54) is 17.5 Å². The molecule has 0 aliphatic rings. The van der Waals surface area contributed by atoms with E-state index in [4.69, 9.17) is 5.26 Å². The molecule has 0 amide bonds. The van der Waals surface area contributed by atoms with Crippen molar-refractivity contribution in [3.8, 4) is 6.07 Å². The summed E-state index contributed by atoms with van der Waals surface area (Å²) in [5.41, 5.74) is 3.98. The minimum Gasteiger partial charge on any atom is -0.366 e. The molecule has 0 atom stereocenters. The summed E-state index contributed by atoms with van der Waals surface area (Å²) < 4.78 is 0. The molecule has 0 unspecified atom stereocenters. The number of benzene rings is 2. The number of nitrogens with zero attached hydrogens (tertiary/aromatic N) is 3. The van der Waals surface area contributed by atoms with Gasteiger partial charge in [0.05, 0.1) is 11.6 Å². The van der Waals surface area contributed by atoms with Gasteiger partial charge in [-0.05, 0) is 42.3 Å². The van der Waals surface area contributed by atoms with Gasteiger partial charge in [0.15, 0.2) is 0 Å². The topological polar surface area (TPSA) is 73.6 Å². The van der Waals surface area contributed by atoms with Crippen molar-refractivity contribution in [2.75, 3.05) is 10.6 Å². The molecule has 3 aromatic rings. The molecule has 0 spiro atoms. The average Bonchev–Trinajstić information content (AvgIpc) is 2.62. The van der Waals surface area contributed by atoms with Gasteiger partial charge in [-0.3, -0.25) is 0 Å². The van der Waals surface area contributed by atoms with Crippen molar-refractivity contribution < 1.29 is 0 Å². The van der Waals surface area contributed by atoms with Gasteiger partial charge >= 0.3 is 0 Å². The van der Waals surface area contributed by atoms with Crippen LogP contribution in [0.3, 0.4) is 0 Å². The zero-order valence-corrected chi connectivity index (χ0v) is 13.3.